The van der Waals surface area contributed by atoms with Gasteiger partial charge in [-0.1, -0.05) is 33.1 Å². The molecule has 1 fully saturated rings. The molecule has 130 valence electrons. The molecule has 0 aliphatic heterocycles. The molecule has 0 saturated heterocycles. The first-order valence-corrected chi connectivity index (χ1v) is 10.4. The number of amides is 2. The van der Waals surface area contributed by atoms with Gasteiger partial charge in [0.15, 0.2) is 9.84 Å². The molecule has 0 aromatic carbocycles. The third-order valence-corrected chi connectivity index (χ3v) is 6.66. The first kappa shape index (κ1) is 19.3. The maximum absolute atomic E-state index is 12.4. The van der Waals surface area contributed by atoms with Gasteiger partial charge in [-0.25, -0.2) is 13.2 Å². The van der Waals surface area contributed by atoms with Gasteiger partial charge in [-0.2, -0.15) is 0 Å². The van der Waals surface area contributed by atoms with Gasteiger partial charge < -0.3 is 10.2 Å². The van der Waals surface area contributed by atoms with Gasteiger partial charge in [0.25, 0.3) is 0 Å². The molecule has 6 heteroatoms. The Morgan fingerprint density at radius 2 is 1.91 bits per heavy atom. The zero-order valence-corrected chi connectivity index (χ0v) is 15.3. The summed E-state index contributed by atoms with van der Waals surface area (Å²) >= 11 is 0. The molecular formula is C16H32N2O3S. The van der Waals surface area contributed by atoms with Crippen LogP contribution in [0.1, 0.15) is 59.3 Å². The van der Waals surface area contributed by atoms with E-state index in [0.29, 0.717) is 5.92 Å². The summed E-state index contributed by atoms with van der Waals surface area (Å²) in [6.45, 7) is 5.61. The summed E-state index contributed by atoms with van der Waals surface area (Å²) < 4.78 is 23.4. The monoisotopic (exact) mass is 332 g/mol. The second kappa shape index (κ2) is 8.75. The summed E-state index contributed by atoms with van der Waals surface area (Å²) in [6, 6.07) is -0.219. The molecule has 0 bridgehead atoms. The zero-order chi connectivity index (χ0) is 16.8. The molecule has 0 spiro atoms. The lowest BCUT2D eigenvalue weighted by Crippen LogP contribution is -2.51. The highest BCUT2D eigenvalue weighted by molar-refractivity contribution is 7.91. The van der Waals surface area contributed by atoms with Crippen molar-refractivity contribution in [1.29, 1.82) is 0 Å². The lowest BCUT2D eigenvalue weighted by atomic mass is 9.82. The van der Waals surface area contributed by atoms with E-state index in [1.807, 2.05) is 0 Å². The molecular weight excluding hydrogens is 300 g/mol. The topological polar surface area (TPSA) is 66.5 Å². The average molecular weight is 333 g/mol. The van der Waals surface area contributed by atoms with Crippen LogP contribution in [0, 0.1) is 5.92 Å². The SMILES string of the molecule is CCC[C@@H]1CCCC[C@@H]1NC(=O)N(C)[C@@H](C)CS(=O)(=O)CC. The van der Waals surface area contributed by atoms with Crippen molar-refractivity contribution in [3.05, 3.63) is 0 Å². The molecule has 0 radical (unpaired) electrons. The fourth-order valence-electron chi connectivity index (χ4n) is 3.17. The number of rotatable bonds is 7. The van der Waals surface area contributed by atoms with Crippen LogP contribution < -0.4 is 5.32 Å². The van der Waals surface area contributed by atoms with E-state index in [2.05, 4.69) is 12.2 Å². The van der Waals surface area contributed by atoms with E-state index in [1.54, 1.807) is 20.9 Å². The number of carbonyl (C=O) groups excluding carboxylic acids is 1. The van der Waals surface area contributed by atoms with Crippen LogP contribution in [0.15, 0.2) is 0 Å². The number of hydrogen-bond acceptors (Lipinski definition) is 3. The highest BCUT2D eigenvalue weighted by Gasteiger charge is 2.28. The highest BCUT2D eigenvalue weighted by Crippen LogP contribution is 2.28. The van der Waals surface area contributed by atoms with Crippen LogP contribution in [0.3, 0.4) is 0 Å². The summed E-state index contributed by atoms with van der Waals surface area (Å²) in [5.74, 6) is 0.704. The van der Waals surface area contributed by atoms with Gasteiger partial charge >= 0.3 is 6.03 Å². The van der Waals surface area contributed by atoms with E-state index in [1.165, 1.54) is 17.7 Å². The van der Waals surface area contributed by atoms with Crippen molar-refractivity contribution in [3.8, 4) is 0 Å². The highest BCUT2D eigenvalue weighted by atomic mass is 32.2. The van der Waals surface area contributed by atoms with Crippen LogP contribution in [0.5, 0.6) is 0 Å². The van der Waals surface area contributed by atoms with E-state index >= 15 is 0 Å². The number of nitrogens with zero attached hydrogens (tertiary/aromatic N) is 1. The Balaban J connectivity index is 2.58. The number of sulfone groups is 1. The fraction of sp³-hybridized carbons (Fsp3) is 0.938. The third-order valence-electron chi connectivity index (χ3n) is 4.79. The van der Waals surface area contributed by atoms with Gasteiger partial charge in [-0.3, -0.25) is 0 Å². The smallest absolute Gasteiger partial charge is 0.317 e. The van der Waals surface area contributed by atoms with Crippen LogP contribution in [0.2, 0.25) is 0 Å². The second-order valence-electron chi connectivity index (χ2n) is 6.55. The van der Waals surface area contributed by atoms with Crippen molar-refractivity contribution in [2.75, 3.05) is 18.6 Å². The molecule has 0 heterocycles. The Hall–Kier alpha value is -0.780. The van der Waals surface area contributed by atoms with E-state index < -0.39 is 9.84 Å². The molecule has 22 heavy (non-hydrogen) atoms. The molecule has 1 aliphatic rings. The number of urea groups is 1. The van der Waals surface area contributed by atoms with Gasteiger partial charge in [0.1, 0.15) is 0 Å². The van der Waals surface area contributed by atoms with Gasteiger partial charge in [0.2, 0.25) is 0 Å². The minimum Gasteiger partial charge on any atom is -0.335 e. The van der Waals surface area contributed by atoms with E-state index in [4.69, 9.17) is 0 Å². The van der Waals surface area contributed by atoms with Crippen LogP contribution >= 0.6 is 0 Å². The Morgan fingerprint density at radius 1 is 1.27 bits per heavy atom. The van der Waals surface area contributed by atoms with Crippen molar-refractivity contribution in [2.24, 2.45) is 5.92 Å². The van der Waals surface area contributed by atoms with Crippen LogP contribution in [-0.4, -0.2) is 50.0 Å². The maximum Gasteiger partial charge on any atom is 0.317 e. The predicted octanol–water partition coefficient (Wildman–Crippen LogP) is 2.81. The molecule has 1 N–H and O–H groups in total. The lowest BCUT2D eigenvalue weighted by molar-refractivity contribution is 0.177. The third kappa shape index (κ3) is 5.78. The first-order chi connectivity index (χ1) is 10.3. The minimum absolute atomic E-state index is 0.0243. The predicted molar refractivity (Wildman–Crippen MR) is 90.7 cm³/mol. The van der Waals surface area contributed by atoms with Gasteiger partial charge in [-0.05, 0) is 32.1 Å². The Bertz CT molecular complexity index is 448. The summed E-state index contributed by atoms with van der Waals surface area (Å²) in [5.41, 5.74) is 0. The quantitative estimate of drug-likeness (QED) is 0.779. The van der Waals surface area contributed by atoms with E-state index in [-0.39, 0.29) is 29.6 Å². The van der Waals surface area contributed by atoms with Crippen LogP contribution in [0.25, 0.3) is 0 Å². The molecule has 5 nitrogen and oxygen atoms in total. The first-order valence-electron chi connectivity index (χ1n) is 8.54. The summed E-state index contributed by atoms with van der Waals surface area (Å²) in [7, 11) is -1.39. The summed E-state index contributed by atoms with van der Waals surface area (Å²) in [6.07, 6.45) is 6.91. The molecule has 0 unspecified atom stereocenters. The molecule has 3 atom stereocenters. The Morgan fingerprint density at radius 3 is 2.50 bits per heavy atom. The normalized spacial score (nSPS) is 23.8. The molecule has 1 saturated carbocycles. The van der Waals surface area contributed by atoms with Crippen LogP contribution in [0.4, 0.5) is 4.79 Å². The summed E-state index contributed by atoms with van der Waals surface area (Å²) in [4.78, 5) is 13.9. The molecule has 1 rings (SSSR count). The molecule has 0 aromatic heterocycles. The Kier molecular flexibility index (Phi) is 7.66. The average Bonchev–Trinajstić information content (AvgIpc) is 2.48. The van der Waals surface area contributed by atoms with Crippen LogP contribution in [-0.2, 0) is 9.84 Å². The molecule has 1 aliphatic carbocycles. The molecule has 0 aromatic rings. The number of nitrogens with one attached hydrogen (secondary N) is 1. The van der Waals surface area contributed by atoms with Crippen molar-refractivity contribution in [2.45, 2.75) is 71.4 Å². The van der Waals surface area contributed by atoms with Crippen molar-refractivity contribution >= 4 is 15.9 Å². The zero-order valence-electron chi connectivity index (χ0n) is 14.5. The summed E-state index contributed by atoms with van der Waals surface area (Å²) in [5, 5.41) is 3.13. The van der Waals surface area contributed by atoms with Gasteiger partial charge in [-0.15, -0.1) is 0 Å². The number of carbonyl (C=O) groups is 1. The van der Waals surface area contributed by atoms with Gasteiger partial charge in [0.05, 0.1) is 5.75 Å². The van der Waals surface area contributed by atoms with Crippen molar-refractivity contribution in [1.82, 2.24) is 10.2 Å². The standard InChI is InChI=1S/C16H32N2O3S/c1-5-9-14-10-7-8-11-15(14)17-16(19)18(4)13(3)12-22(20,21)6-2/h13-15H,5-12H2,1-4H3,(H,17,19)/t13-,14+,15-/m0/s1. The largest absolute Gasteiger partial charge is 0.335 e. The second-order valence-corrected chi connectivity index (χ2v) is 8.95. The van der Waals surface area contributed by atoms with Crippen molar-refractivity contribution < 1.29 is 13.2 Å². The minimum atomic E-state index is -3.07. The van der Waals surface area contributed by atoms with Gasteiger partial charge in [0, 0.05) is 24.9 Å². The van der Waals surface area contributed by atoms with Crippen molar-refractivity contribution in [3.63, 3.8) is 0 Å². The lowest BCUT2D eigenvalue weighted by Gasteiger charge is -2.34. The van der Waals surface area contributed by atoms with E-state index in [0.717, 1.165) is 25.7 Å². The molecule has 2 amide bonds. The maximum atomic E-state index is 12.4. The van der Waals surface area contributed by atoms with E-state index in [9.17, 15) is 13.2 Å². The Labute approximate surface area is 135 Å². The number of hydrogen-bond donors (Lipinski definition) is 1. The fourth-order valence-corrected chi connectivity index (χ4v) is 4.37.